The zero-order valence-electron chi connectivity index (χ0n) is 13.1. The summed E-state index contributed by atoms with van der Waals surface area (Å²) in [4.78, 5) is 27.9. The number of ether oxygens (including phenoxy) is 1. The third kappa shape index (κ3) is 3.48. The van der Waals surface area contributed by atoms with Crippen LogP contribution in [0, 0.1) is 0 Å². The van der Waals surface area contributed by atoms with Gasteiger partial charge in [-0.3, -0.25) is 14.9 Å². The molecule has 4 N–H and O–H groups in total. The number of aliphatic hydroxyl groups is 1. The van der Waals surface area contributed by atoms with Crippen molar-refractivity contribution in [2.24, 2.45) is 5.73 Å². The molecule has 0 aliphatic carbocycles. The van der Waals surface area contributed by atoms with Crippen molar-refractivity contribution in [2.75, 3.05) is 51.8 Å². The first-order valence-electron chi connectivity index (χ1n) is 7.98. The highest BCUT2D eigenvalue weighted by atomic mass is 32.2. The van der Waals surface area contributed by atoms with Crippen LogP contribution in [0.15, 0.2) is 0 Å². The number of hydrogen-bond acceptors (Lipinski definition) is 7. The summed E-state index contributed by atoms with van der Waals surface area (Å²) in [6.45, 7) is 3.26. The first-order valence-corrected chi connectivity index (χ1v) is 8.97. The van der Waals surface area contributed by atoms with Crippen molar-refractivity contribution >= 4 is 23.6 Å². The Morgan fingerprint density at radius 1 is 1.35 bits per heavy atom. The average Bonchev–Trinajstić information content (AvgIpc) is 3.21. The van der Waals surface area contributed by atoms with Gasteiger partial charge in [0.2, 0.25) is 11.8 Å². The molecule has 9 heteroatoms. The van der Waals surface area contributed by atoms with Crippen LogP contribution in [0.25, 0.3) is 0 Å². The van der Waals surface area contributed by atoms with Gasteiger partial charge < -0.3 is 25.4 Å². The number of aliphatic hydroxyl groups excluding tert-OH is 1. The van der Waals surface area contributed by atoms with Gasteiger partial charge in [0, 0.05) is 31.9 Å². The molecule has 3 heterocycles. The van der Waals surface area contributed by atoms with E-state index in [9.17, 15) is 9.59 Å². The maximum atomic E-state index is 12.6. The Hall–Kier alpha value is -0.870. The molecule has 3 saturated heterocycles. The number of morpholine rings is 1. The van der Waals surface area contributed by atoms with E-state index in [1.807, 2.05) is 4.90 Å². The van der Waals surface area contributed by atoms with Crippen LogP contribution in [0.2, 0.25) is 0 Å². The number of nitrogens with zero attached hydrogens (tertiary/aromatic N) is 2. The summed E-state index contributed by atoms with van der Waals surface area (Å²) in [6.07, 6.45) is 0.786. The lowest BCUT2D eigenvalue weighted by Crippen LogP contribution is -2.54. The average molecular weight is 344 g/mol. The van der Waals surface area contributed by atoms with Crippen LogP contribution in [0.5, 0.6) is 0 Å². The highest BCUT2D eigenvalue weighted by Gasteiger charge is 2.48. The fourth-order valence-corrected chi connectivity index (χ4v) is 4.72. The molecule has 2 amide bonds. The standard InChI is InChI=1S/C14H24N4O4S/c15-10(7-19)12(20)18-2-1-14(9-18)16-11(8-23-14)13(21)17-3-5-22-6-4-17/h10-11,16,19H,1-9,15H2/t10-,11-,14?/m0/s1. The van der Waals surface area contributed by atoms with E-state index < -0.39 is 6.04 Å². The Morgan fingerprint density at radius 2 is 2.09 bits per heavy atom. The van der Waals surface area contributed by atoms with Crippen molar-refractivity contribution in [3.8, 4) is 0 Å². The quantitative estimate of drug-likeness (QED) is 0.533. The van der Waals surface area contributed by atoms with Gasteiger partial charge in [-0.05, 0) is 6.42 Å². The fraction of sp³-hybridized carbons (Fsp3) is 0.857. The second-order valence-corrected chi connectivity index (χ2v) is 7.64. The molecule has 3 fully saturated rings. The molecule has 3 aliphatic rings. The molecule has 23 heavy (non-hydrogen) atoms. The van der Waals surface area contributed by atoms with Gasteiger partial charge in [0.15, 0.2) is 0 Å². The molecule has 0 bridgehead atoms. The number of amides is 2. The van der Waals surface area contributed by atoms with Crippen LogP contribution >= 0.6 is 11.8 Å². The molecule has 0 radical (unpaired) electrons. The van der Waals surface area contributed by atoms with Crippen LogP contribution in [-0.2, 0) is 14.3 Å². The zero-order chi connectivity index (χ0) is 16.4. The molecule has 130 valence electrons. The highest BCUT2D eigenvalue weighted by Crippen LogP contribution is 2.38. The third-order valence-corrected chi connectivity index (χ3v) is 6.15. The number of nitrogens with two attached hydrogens (primary N) is 1. The van der Waals surface area contributed by atoms with E-state index in [1.54, 1.807) is 16.7 Å². The van der Waals surface area contributed by atoms with Crippen molar-refractivity contribution in [3.63, 3.8) is 0 Å². The molecular weight excluding hydrogens is 320 g/mol. The van der Waals surface area contributed by atoms with Crippen LogP contribution in [0.4, 0.5) is 0 Å². The normalized spacial score (nSPS) is 32.5. The van der Waals surface area contributed by atoms with Crippen molar-refractivity contribution in [2.45, 2.75) is 23.4 Å². The number of likely N-dealkylation sites (tertiary alicyclic amines) is 1. The summed E-state index contributed by atoms with van der Waals surface area (Å²) in [5, 5.41) is 12.5. The number of rotatable bonds is 3. The van der Waals surface area contributed by atoms with Crippen LogP contribution in [0.1, 0.15) is 6.42 Å². The van der Waals surface area contributed by atoms with Crippen molar-refractivity contribution in [1.82, 2.24) is 15.1 Å². The van der Waals surface area contributed by atoms with Gasteiger partial charge in [0.25, 0.3) is 0 Å². The van der Waals surface area contributed by atoms with Gasteiger partial charge in [-0.15, -0.1) is 11.8 Å². The fourth-order valence-electron chi connectivity index (χ4n) is 3.30. The molecule has 0 aromatic rings. The summed E-state index contributed by atoms with van der Waals surface area (Å²) in [5.74, 6) is 0.605. The summed E-state index contributed by atoms with van der Waals surface area (Å²) in [5.41, 5.74) is 5.62. The Kier molecular flexibility index (Phi) is 5.12. The second kappa shape index (κ2) is 6.94. The van der Waals surface area contributed by atoms with Crippen molar-refractivity contribution in [1.29, 1.82) is 0 Å². The summed E-state index contributed by atoms with van der Waals surface area (Å²) < 4.78 is 5.28. The topological polar surface area (TPSA) is 108 Å². The van der Waals surface area contributed by atoms with E-state index in [0.717, 1.165) is 6.42 Å². The Bertz CT molecular complexity index is 474. The van der Waals surface area contributed by atoms with Gasteiger partial charge in [-0.25, -0.2) is 0 Å². The first kappa shape index (κ1) is 17.0. The third-order valence-electron chi connectivity index (χ3n) is 4.64. The maximum absolute atomic E-state index is 12.6. The molecule has 1 spiro atoms. The molecule has 0 aromatic carbocycles. The van der Waals surface area contributed by atoms with E-state index in [0.29, 0.717) is 45.1 Å². The zero-order valence-corrected chi connectivity index (χ0v) is 13.9. The number of carbonyl (C=O) groups excluding carboxylic acids is 2. The molecule has 3 aliphatic heterocycles. The van der Waals surface area contributed by atoms with E-state index in [2.05, 4.69) is 5.32 Å². The number of carbonyl (C=O) groups is 2. The molecule has 1 unspecified atom stereocenters. The Morgan fingerprint density at radius 3 is 2.78 bits per heavy atom. The Balaban J connectivity index is 1.57. The van der Waals surface area contributed by atoms with Crippen molar-refractivity contribution < 1.29 is 19.4 Å². The summed E-state index contributed by atoms with van der Waals surface area (Å²) >= 11 is 1.71. The Labute approximate surface area is 139 Å². The van der Waals surface area contributed by atoms with Crippen LogP contribution in [0.3, 0.4) is 0 Å². The van der Waals surface area contributed by atoms with Crippen LogP contribution < -0.4 is 11.1 Å². The van der Waals surface area contributed by atoms with E-state index in [-0.39, 0.29) is 29.3 Å². The smallest absolute Gasteiger partial charge is 0.241 e. The van der Waals surface area contributed by atoms with Gasteiger partial charge in [0.1, 0.15) is 6.04 Å². The minimum absolute atomic E-state index is 0.120. The largest absolute Gasteiger partial charge is 0.394 e. The molecule has 3 rings (SSSR count). The van der Waals surface area contributed by atoms with E-state index in [1.165, 1.54) is 0 Å². The maximum Gasteiger partial charge on any atom is 0.241 e. The lowest BCUT2D eigenvalue weighted by molar-refractivity contribution is -0.137. The number of thioether (sulfide) groups is 1. The van der Waals surface area contributed by atoms with Gasteiger partial charge in [0.05, 0.1) is 30.7 Å². The van der Waals surface area contributed by atoms with Gasteiger partial charge in [-0.2, -0.15) is 0 Å². The van der Waals surface area contributed by atoms with Gasteiger partial charge in [-0.1, -0.05) is 0 Å². The molecule has 0 saturated carbocycles. The number of hydrogen-bond donors (Lipinski definition) is 3. The highest BCUT2D eigenvalue weighted by molar-refractivity contribution is 8.01. The minimum atomic E-state index is -0.859. The monoisotopic (exact) mass is 344 g/mol. The summed E-state index contributed by atoms with van der Waals surface area (Å²) in [7, 11) is 0. The molecule has 8 nitrogen and oxygen atoms in total. The van der Waals surface area contributed by atoms with Gasteiger partial charge >= 0.3 is 0 Å². The lowest BCUT2D eigenvalue weighted by atomic mass is 10.2. The van der Waals surface area contributed by atoms with Crippen LogP contribution in [-0.4, -0.2) is 95.4 Å². The van der Waals surface area contributed by atoms with Crippen molar-refractivity contribution in [3.05, 3.63) is 0 Å². The predicted octanol–water partition coefficient (Wildman–Crippen LogP) is -2.20. The second-order valence-electron chi connectivity index (χ2n) is 6.24. The SMILES string of the molecule is N[C@@H](CO)C(=O)N1CCC2(C1)N[C@H](C(=O)N1CCOCC1)CS2. The molecule has 0 aromatic heterocycles. The van der Waals surface area contributed by atoms with E-state index >= 15 is 0 Å². The number of nitrogens with one attached hydrogen (secondary N) is 1. The van der Waals surface area contributed by atoms with E-state index in [4.69, 9.17) is 15.6 Å². The first-order chi connectivity index (χ1) is 11.0. The summed E-state index contributed by atoms with van der Waals surface area (Å²) in [6, 6.07) is -1.07. The lowest BCUT2D eigenvalue weighted by Gasteiger charge is -2.30. The molecule has 3 atom stereocenters. The minimum Gasteiger partial charge on any atom is -0.394 e. The molecular formula is C14H24N4O4S. The predicted molar refractivity (Wildman–Crippen MR) is 85.8 cm³/mol.